The number of ether oxygens (including phenoxy) is 1. The fourth-order valence-electron chi connectivity index (χ4n) is 10.1. The number of carbonyl (C=O) groups is 3. The number of methoxy groups -OCH3 is 1. The largest absolute Gasteiger partial charge is 0.468 e. The van der Waals surface area contributed by atoms with Gasteiger partial charge in [-0.25, -0.2) is 0 Å². The number of allylic oxidation sites excluding steroid dienone is 1. The first-order valence-corrected chi connectivity index (χ1v) is 13.7. The maximum Gasteiger partial charge on any atom is 0.316 e. The minimum absolute atomic E-state index is 0.0281. The van der Waals surface area contributed by atoms with Crippen LogP contribution in [0.2, 0.25) is 0 Å². The molecule has 188 valence electrons. The average molecular weight is 469 g/mol. The van der Waals surface area contributed by atoms with Crippen molar-refractivity contribution < 1.29 is 19.1 Å². The van der Waals surface area contributed by atoms with Gasteiger partial charge in [0.1, 0.15) is 5.78 Å². The van der Waals surface area contributed by atoms with E-state index < -0.39 is 10.8 Å². The molecule has 4 saturated carbocycles. The van der Waals surface area contributed by atoms with Gasteiger partial charge in [0.2, 0.25) is 0 Å². The van der Waals surface area contributed by atoms with E-state index in [4.69, 9.17) is 4.74 Å². The van der Waals surface area contributed by atoms with Crippen molar-refractivity contribution in [2.75, 3.05) is 7.11 Å². The first kappa shape index (κ1) is 24.3. The van der Waals surface area contributed by atoms with E-state index in [1.807, 2.05) is 13.8 Å². The predicted molar refractivity (Wildman–Crippen MR) is 132 cm³/mol. The summed E-state index contributed by atoms with van der Waals surface area (Å²) in [6.45, 7) is 13.6. The smallest absolute Gasteiger partial charge is 0.316 e. The van der Waals surface area contributed by atoms with Crippen molar-refractivity contribution in [2.24, 2.45) is 44.8 Å². The topological polar surface area (TPSA) is 60.4 Å². The molecule has 0 N–H and O–H groups in total. The molecular weight excluding hydrogens is 424 g/mol. The summed E-state index contributed by atoms with van der Waals surface area (Å²) in [5.74, 6) is 1.93. The van der Waals surface area contributed by atoms with Crippen LogP contribution in [-0.2, 0) is 19.1 Å². The quantitative estimate of drug-likeness (QED) is 0.414. The highest BCUT2D eigenvalue weighted by molar-refractivity contribution is 6.07. The molecule has 0 spiro atoms. The van der Waals surface area contributed by atoms with Crippen LogP contribution in [0, 0.1) is 44.8 Å². The Morgan fingerprint density at radius 1 is 0.941 bits per heavy atom. The molecule has 0 amide bonds. The molecule has 0 saturated heterocycles. The van der Waals surface area contributed by atoms with Crippen LogP contribution < -0.4 is 0 Å². The van der Waals surface area contributed by atoms with Crippen molar-refractivity contribution in [2.45, 2.75) is 106 Å². The summed E-state index contributed by atoms with van der Waals surface area (Å²) in [6.07, 6.45) is 8.71. The van der Waals surface area contributed by atoms with E-state index in [1.165, 1.54) is 12.7 Å². The van der Waals surface area contributed by atoms with E-state index in [9.17, 15) is 14.4 Å². The van der Waals surface area contributed by atoms with E-state index in [2.05, 4.69) is 27.7 Å². The predicted octanol–water partition coefficient (Wildman–Crippen LogP) is 6.46. The summed E-state index contributed by atoms with van der Waals surface area (Å²) in [7, 11) is 1.47. The summed E-state index contributed by atoms with van der Waals surface area (Å²) in [4.78, 5) is 40.1. The number of rotatable bonds is 1. The summed E-state index contributed by atoms with van der Waals surface area (Å²) < 4.78 is 5.36. The maximum absolute atomic E-state index is 14.0. The molecule has 5 aliphatic rings. The Kier molecular flexibility index (Phi) is 5.20. The Hall–Kier alpha value is -1.45. The van der Waals surface area contributed by atoms with Gasteiger partial charge >= 0.3 is 5.97 Å². The van der Waals surface area contributed by atoms with Crippen LogP contribution in [0.1, 0.15) is 106 Å². The standard InChI is InChI=1S/C30H44O4/c1-18-16-19(31)17-27(4)20(18)10-11-29(6)22(27)9-8-21-23-24(32)26(2,3)12-14-30(23,25(33)34-7)15-13-28(21,29)5/h18,20,22H,8-17H2,1-7H3/t18-,20+,22-,27+,28-,29-,30+/m1/s1. The Morgan fingerprint density at radius 3 is 2.29 bits per heavy atom. The third kappa shape index (κ3) is 2.80. The molecule has 5 aliphatic carbocycles. The van der Waals surface area contributed by atoms with Crippen LogP contribution in [0.3, 0.4) is 0 Å². The minimum Gasteiger partial charge on any atom is -0.468 e. The Balaban J connectivity index is 1.67. The van der Waals surface area contributed by atoms with E-state index in [1.54, 1.807) is 0 Å². The van der Waals surface area contributed by atoms with Gasteiger partial charge in [0.05, 0.1) is 12.5 Å². The zero-order valence-corrected chi connectivity index (χ0v) is 22.4. The molecule has 0 aromatic heterocycles. The number of ketones is 2. The number of carbonyl (C=O) groups excluding carboxylic acids is 3. The molecule has 0 aliphatic heterocycles. The number of Topliss-reactive ketones (excluding diaryl/α,β-unsaturated/α-hetero) is 2. The summed E-state index contributed by atoms with van der Waals surface area (Å²) in [6, 6.07) is 0. The van der Waals surface area contributed by atoms with Crippen molar-refractivity contribution in [1.82, 2.24) is 0 Å². The Labute approximate surface area is 205 Å². The van der Waals surface area contributed by atoms with Gasteiger partial charge in [-0.15, -0.1) is 0 Å². The second kappa shape index (κ2) is 7.29. The lowest BCUT2D eigenvalue weighted by atomic mass is 9.35. The number of hydrogen-bond donors (Lipinski definition) is 0. The molecule has 4 heteroatoms. The molecule has 0 radical (unpaired) electrons. The van der Waals surface area contributed by atoms with Crippen molar-refractivity contribution in [3.05, 3.63) is 11.1 Å². The summed E-state index contributed by atoms with van der Waals surface area (Å²) >= 11 is 0. The lowest BCUT2D eigenvalue weighted by Gasteiger charge is -2.69. The zero-order valence-electron chi connectivity index (χ0n) is 22.4. The van der Waals surface area contributed by atoms with Gasteiger partial charge < -0.3 is 4.74 Å². The third-order valence-corrected chi connectivity index (χ3v) is 12.2. The second-order valence-electron chi connectivity index (χ2n) is 14.0. The Bertz CT molecular complexity index is 990. The van der Waals surface area contributed by atoms with Crippen LogP contribution in [0.4, 0.5) is 0 Å². The average Bonchev–Trinajstić information content (AvgIpc) is 2.75. The first-order valence-electron chi connectivity index (χ1n) is 13.7. The highest BCUT2D eigenvalue weighted by Crippen LogP contribution is 2.74. The minimum atomic E-state index is -0.768. The van der Waals surface area contributed by atoms with Gasteiger partial charge in [0.25, 0.3) is 0 Å². The zero-order chi connectivity index (χ0) is 24.9. The Morgan fingerprint density at radius 2 is 1.62 bits per heavy atom. The molecular formula is C30H44O4. The lowest BCUT2D eigenvalue weighted by molar-refractivity contribution is -0.175. The van der Waals surface area contributed by atoms with Crippen molar-refractivity contribution in [1.29, 1.82) is 0 Å². The number of fused-ring (bicyclic) bond motifs is 6. The van der Waals surface area contributed by atoms with Crippen molar-refractivity contribution in [3.63, 3.8) is 0 Å². The highest BCUT2D eigenvalue weighted by atomic mass is 16.5. The fourth-order valence-corrected chi connectivity index (χ4v) is 10.1. The first-order chi connectivity index (χ1) is 15.8. The maximum atomic E-state index is 14.0. The molecule has 0 aromatic rings. The molecule has 0 unspecified atom stereocenters. The summed E-state index contributed by atoms with van der Waals surface area (Å²) in [5.41, 5.74) is 0.820. The van der Waals surface area contributed by atoms with Crippen LogP contribution in [-0.4, -0.2) is 24.6 Å². The van der Waals surface area contributed by atoms with Crippen molar-refractivity contribution >= 4 is 17.5 Å². The highest BCUT2D eigenvalue weighted by Gasteiger charge is 2.68. The van der Waals surface area contributed by atoms with Gasteiger partial charge in [0.15, 0.2) is 5.78 Å². The van der Waals surface area contributed by atoms with Gasteiger partial charge in [0, 0.05) is 23.8 Å². The lowest BCUT2D eigenvalue weighted by Crippen LogP contribution is -2.63. The van der Waals surface area contributed by atoms with Gasteiger partial charge in [-0.05, 0) is 85.4 Å². The van der Waals surface area contributed by atoms with Crippen LogP contribution in [0.5, 0.6) is 0 Å². The van der Waals surface area contributed by atoms with E-state index in [0.29, 0.717) is 42.8 Å². The normalized spacial score (nSPS) is 47.8. The van der Waals surface area contributed by atoms with E-state index in [-0.39, 0.29) is 28.0 Å². The second-order valence-corrected chi connectivity index (χ2v) is 14.0. The molecule has 4 nitrogen and oxygen atoms in total. The van der Waals surface area contributed by atoms with Gasteiger partial charge in [-0.2, -0.15) is 0 Å². The fraction of sp³-hybridized carbons (Fsp3) is 0.833. The van der Waals surface area contributed by atoms with Crippen LogP contribution in [0.25, 0.3) is 0 Å². The number of hydrogen-bond acceptors (Lipinski definition) is 4. The molecule has 0 bridgehead atoms. The van der Waals surface area contributed by atoms with Gasteiger partial charge in [-0.3, -0.25) is 14.4 Å². The number of esters is 1. The van der Waals surface area contributed by atoms with E-state index in [0.717, 1.165) is 50.5 Å². The molecule has 4 fully saturated rings. The monoisotopic (exact) mass is 468 g/mol. The van der Waals surface area contributed by atoms with Crippen molar-refractivity contribution in [3.8, 4) is 0 Å². The van der Waals surface area contributed by atoms with Crippen LogP contribution in [0.15, 0.2) is 11.1 Å². The molecule has 7 atom stereocenters. The molecule has 0 aromatic carbocycles. The molecule has 5 rings (SSSR count). The summed E-state index contributed by atoms with van der Waals surface area (Å²) in [5, 5.41) is 0. The van der Waals surface area contributed by atoms with Gasteiger partial charge in [-0.1, -0.05) is 47.1 Å². The molecule has 0 heterocycles. The SMILES string of the molecule is COC(=O)[C@]12CCC(C)(C)C(=O)C1=C1CC[C@@H]3[C@@]4(C)CC(=O)C[C@@H](C)[C@@H]4CC[C@@]3(C)[C@]1(C)CC2. The van der Waals surface area contributed by atoms with E-state index >= 15 is 0 Å². The third-order valence-electron chi connectivity index (χ3n) is 12.2. The van der Waals surface area contributed by atoms with Crippen LogP contribution >= 0.6 is 0 Å². The molecule has 34 heavy (non-hydrogen) atoms.